The van der Waals surface area contributed by atoms with Crippen molar-refractivity contribution in [3.8, 4) is 6.07 Å². The number of aromatic nitrogens is 3. The van der Waals surface area contributed by atoms with Gasteiger partial charge in [0.1, 0.15) is 11.8 Å². The summed E-state index contributed by atoms with van der Waals surface area (Å²) in [7, 11) is 1.80. The van der Waals surface area contributed by atoms with E-state index < -0.39 is 0 Å². The van der Waals surface area contributed by atoms with Gasteiger partial charge in [0.05, 0.1) is 5.56 Å². The molecule has 0 saturated carbocycles. The van der Waals surface area contributed by atoms with E-state index in [2.05, 4.69) is 15.4 Å². The SMILES string of the molecule is Cc1cc(NC(=O)c2ccc(C#N)cn2)nn1C. The first-order chi connectivity index (χ1) is 8.60. The molecule has 0 fully saturated rings. The minimum atomic E-state index is -0.349. The third-order valence-corrected chi connectivity index (χ3v) is 2.48. The quantitative estimate of drug-likeness (QED) is 0.857. The van der Waals surface area contributed by atoms with Crippen LogP contribution in [0.15, 0.2) is 24.4 Å². The maximum absolute atomic E-state index is 11.8. The fraction of sp³-hybridized carbons (Fsp3) is 0.167. The van der Waals surface area contributed by atoms with Crippen molar-refractivity contribution in [2.24, 2.45) is 7.05 Å². The normalized spacial score (nSPS) is 9.83. The molecule has 0 aliphatic carbocycles. The van der Waals surface area contributed by atoms with E-state index in [1.807, 2.05) is 13.0 Å². The maximum Gasteiger partial charge on any atom is 0.275 e. The first-order valence-corrected chi connectivity index (χ1v) is 5.28. The molecule has 2 rings (SSSR count). The summed E-state index contributed by atoms with van der Waals surface area (Å²) in [6, 6.07) is 6.76. The van der Waals surface area contributed by atoms with Crippen LogP contribution >= 0.6 is 0 Å². The second kappa shape index (κ2) is 4.67. The van der Waals surface area contributed by atoms with Crippen molar-refractivity contribution < 1.29 is 4.79 Å². The molecule has 6 heteroatoms. The lowest BCUT2D eigenvalue weighted by Gasteiger charge is -2.00. The van der Waals surface area contributed by atoms with E-state index in [9.17, 15) is 4.79 Å². The largest absolute Gasteiger partial charge is 0.304 e. The molecule has 2 aromatic rings. The molecule has 1 N–H and O–H groups in total. The summed E-state index contributed by atoms with van der Waals surface area (Å²) in [5, 5.41) is 15.4. The van der Waals surface area contributed by atoms with Crippen LogP contribution in [0, 0.1) is 18.3 Å². The number of amides is 1. The average molecular weight is 241 g/mol. The molecule has 0 atom stereocenters. The summed E-state index contributed by atoms with van der Waals surface area (Å²) in [6.45, 7) is 1.89. The van der Waals surface area contributed by atoms with Crippen LogP contribution in [0.2, 0.25) is 0 Å². The molecule has 0 saturated heterocycles. The number of hydrogen-bond acceptors (Lipinski definition) is 4. The molecule has 0 aliphatic heterocycles. The Labute approximate surface area is 104 Å². The number of carbonyl (C=O) groups excluding carboxylic acids is 1. The van der Waals surface area contributed by atoms with Crippen LogP contribution in [-0.2, 0) is 7.05 Å². The number of carbonyl (C=O) groups is 1. The van der Waals surface area contributed by atoms with Gasteiger partial charge in [-0.25, -0.2) is 4.98 Å². The molecule has 0 aromatic carbocycles. The molecule has 18 heavy (non-hydrogen) atoms. The fourth-order valence-corrected chi connectivity index (χ4v) is 1.40. The van der Waals surface area contributed by atoms with E-state index in [4.69, 9.17) is 5.26 Å². The van der Waals surface area contributed by atoms with Gasteiger partial charge in [0.2, 0.25) is 0 Å². The Morgan fingerprint density at radius 3 is 2.78 bits per heavy atom. The molecule has 0 unspecified atom stereocenters. The molecular weight excluding hydrogens is 230 g/mol. The summed E-state index contributed by atoms with van der Waals surface area (Å²) in [4.78, 5) is 15.7. The van der Waals surface area contributed by atoms with Crippen LogP contribution in [0.1, 0.15) is 21.7 Å². The highest BCUT2D eigenvalue weighted by molar-refractivity contribution is 6.02. The van der Waals surface area contributed by atoms with Gasteiger partial charge in [-0.1, -0.05) is 0 Å². The third kappa shape index (κ3) is 2.35. The third-order valence-electron chi connectivity index (χ3n) is 2.48. The lowest BCUT2D eigenvalue weighted by molar-refractivity contribution is 0.102. The van der Waals surface area contributed by atoms with Gasteiger partial charge in [0.25, 0.3) is 5.91 Å². The number of pyridine rings is 1. The maximum atomic E-state index is 11.8. The van der Waals surface area contributed by atoms with Gasteiger partial charge in [-0.15, -0.1) is 0 Å². The molecule has 0 bridgehead atoms. The van der Waals surface area contributed by atoms with E-state index >= 15 is 0 Å². The van der Waals surface area contributed by atoms with Crippen molar-refractivity contribution in [3.05, 3.63) is 41.3 Å². The second-order valence-corrected chi connectivity index (χ2v) is 3.79. The van der Waals surface area contributed by atoms with E-state index in [1.54, 1.807) is 23.9 Å². The predicted octanol–water partition coefficient (Wildman–Crippen LogP) is 1.25. The van der Waals surface area contributed by atoms with Crippen molar-refractivity contribution in [1.29, 1.82) is 5.26 Å². The molecule has 6 nitrogen and oxygen atoms in total. The Bertz CT molecular complexity index is 601. The Balaban J connectivity index is 2.14. The number of aryl methyl sites for hydroxylation is 2. The van der Waals surface area contributed by atoms with Crippen LogP contribution < -0.4 is 5.32 Å². The molecule has 0 radical (unpaired) electrons. The van der Waals surface area contributed by atoms with Gasteiger partial charge in [-0.05, 0) is 19.1 Å². The second-order valence-electron chi connectivity index (χ2n) is 3.79. The minimum Gasteiger partial charge on any atom is -0.304 e. The average Bonchev–Trinajstić information content (AvgIpc) is 2.68. The van der Waals surface area contributed by atoms with Gasteiger partial charge in [0, 0.05) is 25.0 Å². The van der Waals surface area contributed by atoms with Gasteiger partial charge in [-0.2, -0.15) is 10.4 Å². The fourth-order valence-electron chi connectivity index (χ4n) is 1.40. The summed E-state index contributed by atoms with van der Waals surface area (Å²) in [5.41, 5.74) is 1.61. The summed E-state index contributed by atoms with van der Waals surface area (Å²) in [5.74, 6) is 0.128. The molecule has 1 amide bonds. The first kappa shape index (κ1) is 11.8. The highest BCUT2D eigenvalue weighted by Gasteiger charge is 2.10. The standard InChI is InChI=1S/C12H11N5O/c1-8-5-11(16-17(8)2)15-12(18)10-4-3-9(6-13)7-14-10/h3-5,7H,1-2H3,(H,15,16,18). The van der Waals surface area contributed by atoms with Crippen molar-refractivity contribution in [2.45, 2.75) is 6.92 Å². The van der Waals surface area contributed by atoms with E-state index in [0.29, 0.717) is 11.4 Å². The van der Waals surface area contributed by atoms with E-state index in [0.717, 1.165) is 5.69 Å². The van der Waals surface area contributed by atoms with Crippen LogP contribution in [0.5, 0.6) is 0 Å². The Hall–Kier alpha value is -2.68. The monoisotopic (exact) mass is 241 g/mol. The van der Waals surface area contributed by atoms with Crippen LogP contribution in [-0.4, -0.2) is 20.7 Å². The minimum absolute atomic E-state index is 0.248. The zero-order valence-corrected chi connectivity index (χ0v) is 10.0. The van der Waals surface area contributed by atoms with Crippen LogP contribution in [0.25, 0.3) is 0 Å². The zero-order valence-electron chi connectivity index (χ0n) is 10.0. The first-order valence-electron chi connectivity index (χ1n) is 5.28. The van der Waals surface area contributed by atoms with Crippen molar-refractivity contribution >= 4 is 11.7 Å². The van der Waals surface area contributed by atoms with Crippen LogP contribution in [0.4, 0.5) is 5.82 Å². The van der Waals surface area contributed by atoms with E-state index in [-0.39, 0.29) is 11.6 Å². The lowest BCUT2D eigenvalue weighted by atomic mass is 10.2. The predicted molar refractivity (Wildman–Crippen MR) is 64.9 cm³/mol. The van der Waals surface area contributed by atoms with Crippen molar-refractivity contribution in [3.63, 3.8) is 0 Å². The van der Waals surface area contributed by atoms with Crippen LogP contribution in [0.3, 0.4) is 0 Å². The highest BCUT2D eigenvalue weighted by atomic mass is 16.1. The van der Waals surface area contributed by atoms with Gasteiger partial charge in [0.15, 0.2) is 5.82 Å². The number of nitrogens with one attached hydrogen (secondary N) is 1. The molecule has 2 aromatic heterocycles. The summed E-state index contributed by atoms with van der Waals surface area (Å²) < 4.78 is 1.67. The smallest absolute Gasteiger partial charge is 0.275 e. The van der Waals surface area contributed by atoms with Gasteiger partial charge >= 0.3 is 0 Å². The molecule has 0 aliphatic rings. The van der Waals surface area contributed by atoms with E-state index in [1.165, 1.54) is 12.3 Å². The highest BCUT2D eigenvalue weighted by Crippen LogP contribution is 2.08. The van der Waals surface area contributed by atoms with Gasteiger partial charge in [-0.3, -0.25) is 9.48 Å². The summed E-state index contributed by atoms with van der Waals surface area (Å²) in [6.07, 6.45) is 1.36. The lowest BCUT2D eigenvalue weighted by Crippen LogP contribution is -2.14. The molecular formula is C12H11N5O. The number of nitrogens with zero attached hydrogens (tertiary/aromatic N) is 4. The summed E-state index contributed by atoms with van der Waals surface area (Å²) >= 11 is 0. The van der Waals surface area contributed by atoms with Crippen molar-refractivity contribution in [2.75, 3.05) is 5.32 Å². The number of anilines is 1. The molecule has 2 heterocycles. The number of nitriles is 1. The molecule has 90 valence electrons. The Kier molecular flexibility index (Phi) is 3.06. The zero-order chi connectivity index (χ0) is 13.1. The Morgan fingerprint density at radius 2 is 2.28 bits per heavy atom. The van der Waals surface area contributed by atoms with Gasteiger partial charge < -0.3 is 5.32 Å². The van der Waals surface area contributed by atoms with Crippen molar-refractivity contribution in [1.82, 2.24) is 14.8 Å². The molecule has 0 spiro atoms. The Morgan fingerprint density at radius 1 is 1.50 bits per heavy atom. The topological polar surface area (TPSA) is 83.6 Å². The number of hydrogen-bond donors (Lipinski definition) is 1. The number of rotatable bonds is 2.